The fourth-order valence-corrected chi connectivity index (χ4v) is 2.29. The zero-order valence-corrected chi connectivity index (χ0v) is 10.2. The Kier molecular flexibility index (Phi) is 3.68. The Morgan fingerprint density at radius 1 is 1.35 bits per heavy atom. The molecule has 2 nitrogen and oxygen atoms in total. The van der Waals surface area contributed by atoms with E-state index in [0.29, 0.717) is 12.2 Å². The molecule has 0 aliphatic carbocycles. The van der Waals surface area contributed by atoms with Crippen LogP contribution in [0.5, 0.6) is 0 Å². The molecule has 1 aromatic carbocycles. The van der Waals surface area contributed by atoms with Gasteiger partial charge < -0.3 is 5.32 Å². The zero-order valence-electron chi connectivity index (χ0n) is 9.34. The van der Waals surface area contributed by atoms with E-state index in [1.165, 1.54) is 17.0 Å². The van der Waals surface area contributed by atoms with E-state index in [0.717, 1.165) is 18.2 Å². The second kappa shape index (κ2) is 5.23. The van der Waals surface area contributed by atoms with Crippen molar-refractivity contribution in [1.82, 2.24) is 4.98 Å². The molecule has 0 fully saturated rings. The number of anilines is 1. The van der Waals surface area contributed by atoms with Crippen LogP contribution in [0, 0.1) is 18.6 Å². The molecule has 0 saturated carbocycles. The van der Waals surface area contributed by atoms with Crippen molar-refractivity contribution in [3.8, 4) is 0 Å². The number of nitrogens with zero attached hydrogens (tertiary/aromatic N) is 1. The highest BCUT2D eigenvalue weighted by Gasteiger charge is 2.04. The monoisotopic (exact) mass is 254 g/mol. The van der Waals surface area contributed by atoms with Gasteiger partial charge in [0.25, 0.3) is 0 Å². The van der Waals surface area contributed by atoms with Gasteiger partial charge in [-0.1, -0.05) is 0 Å². The molecule has 1 N–H and O–H groups in total. The van der Waals surface area contributed by atoms with Gasteiger partial charge in [0.05, 0.1) is 16.9 Å². The Bertz CT molecular complexity index is 511. The summed E-state index contributed by atoms with van der Waals surface area (Å²) >= 11 is 1.59. The minimum atomic E-state index is -0.564. The normalized spacial score (nSPS) is 10.5. The first-order chi connectivity index (χ1) is 8.16. The third-order valence-corrected chi connectivity index (χ3v) is 3.44. The van der Waals surface area contributed by atoms with Crippen molar-refractivity contribution < 1.29 is 8.78 Å². The average Bonchev–Trinajstić information content (AvgIpc) is 2.68. The molecule has 5 heteroatoms. The first-order valence-corrected chi connectivity index (χ1v) is 6.12. The lowest BCUT2D eigenvalue weighted by Crippen LogP contribution is -2.06. The van der Waals surface area contributed by atoms with Gasteiger partial charge >= 0.3 is 0 Å². The van der Waals surface area contributed by atoms with E-state index in [4.69, 9.17) is 0 Å². The highest BCUT2D eigenvalue weighted by atomic mass is 32.1. The summed E-state index contributed by atoms with van der Waals surface area (Å²) in [5.41, 5.74) is 3.13. The van der Waals surface area contributed by atoms with Crippen LogP contribution in [0.15, 0.2) is 23.7 Å². The van der Waals surface area contributed by atoms with Crippen molar-refractivity contribution in [3.63, 3.8) is 0 Å². The Balaban J connectivity index is 1.92. The maximum atomic E-state index is 13.3. The van der Waals surface area contributed by atoms with Crippen LogP contribution in [-0.4, -0.2) is 11.5 Å². The molecule has 0 bridgehead atoms. The first-order valence-electron chi connectivity index (χ1n) is 5.24. The second-order valence-electron chi connectivity index (χ2n) is 3.66. The van der Waals surface area contributed by atoms with Gasteiger partial charge in [-0.05, 0) is 19.1 Å². The quantitative estimate of drug-likeness (QED) is 0.904. The third kappa shape index (κ3) is 3.00. The summed E-state index contributed by atoms with van der Waals surface area (Å²) in [5.74, 6) is -1.13. The molecule has 0 spiro atoms. The van der Waals surface area contributed by atoms with Crippen molar-refractivity contribution in [2.75, 3.05) is 11.9 Å². The van der Waals surface area contributed by atoms with Crippen molar-refractivity contribution in [3.05, 3.63) is 45.9 Å². The lowest BCUT2D eigenvalue weighted by atomic mass is 10.2. The van der Waals surface area contributed by atoms with Crippen LogP contribution in [0.1, 0.15) is 10.6 Å². The maximum Gasteiger partial charge on any atom is 0.149 e. The van der Waals surface area contributed by atoms with E-state index in [9.17, 15) is 8.78 Å². The van der Waals surface area contributed by atoms with Gasteiger partial charge in [-0.25, -0.2) is 13.8 Å². The smallest absolute Gasteiger partial charge is 0.149 e. The lowest BCUT2D eigenvalue weighted by Gasteiger charge is -2.06. The molecule has 2 rings (SSSR count). The van der Waals surface area contributed by atoms with Crippen LogP contribution in [-0.2, 0) is 6.42 Å². The minimum Gasteiger partial charge on any atom is -0.382 e. The van der Waals surface area contributed by atoms with E-state index in [-0.39, 0.29) is 0 Å². The molecule has 0 unspecified atom stereocenters. The Morgan fingerprint density at radius 2 is 2.18 bits per heavy atom. The van der Waals surface area contributed by atoms with E-state index >= 15 is 0 Å². The Hall–Kier alpha value is -1.49. The number of hydrogen-bond donors (Lipinski definition) is 1. The van der Waals surface area contributed by atoms with Gasteiger partial charge in [-0.3, -0.25) is 0 Å². The van der Waals surface area contributed by atoms with Gasteiger partial charge in [0.15, 0.2) is 0 Å². The van der Waals surface area contributed by atoms with E-state index < -0.39 is 11.6 Å². The molecule has 0 radical (unpaired) electrons. The lowest BCUT2D eigenvalue weighted by molar-refractivity contribution is 0.585. The fraction of sp³-hybridized carbons (Fsp3) is 0.250. The summed E-state index contributed by atoms with van der Waals surface area (Å²) in [6.45, 7) is 2.55. The highest BCUT2D eigenvalue weighted by molar-refractivity contribution is 7.09. The average molecular weight is 254 g/mol. The largest absolute Gasteiger partial charge is 0.382 e. The molecular weight excluding hydrogens is 242 g/mol. The van der Waals surface area contributed by atoms with Crippen LogP contribution in [0.25, 0.3) is 0 Å². The highest BCUT2D eigenvalue weighted by Crippen LogP contribution is 2.16. The number of rotatable bonds is 4. The Morgan fingerprint density at radius 3 is 2.82 bits per heavy atom. The minimum absolute atomic E-state index is 0.327. The van der Waals surface area contributed by atoms with Crippen LogP contribution in [0.4, 0.5) is 14.5 Å². The van der Waals surface area contributed by atoms with Crippen molar-refractivity contribution in [2.24, 2.45) is 0 Å². The predicted octanol–water partition coefficient (Wildman–Crippen LogP) is 3.38. The van der Waals surface area contributed by atoms with E-state index in [1.807, 2.05) is 6.92 Å². The van der Waals surface area contributed by atoms with Gasteiger partial charge in [-0.2, -0.15) is 0 Å². The SMILES string of the molecule is Cc1ncsc1CCNc1ccc(F)cc1F. The summed E-state index contributed by atoms with van der Waals surface area (Å²) in [4.78, 5) is 5.32. The molecule has 1 heterocycles. The van der Waals surface area contributed by atoms with Crippen LogP contribution in [0.2, 0.25) is 0 Å². The summed E-state index contributed by atoms with van der Waals surface area (Å²) in [5, 5.41) is 2.94. The molecule has 0 saturated heterocycles. The molecule has 1 aromatic heterocycles. The van der Waals surface area contributed by atoms with Crippen molar-refractivity contribution >= 4 is 17.0 Å². The molecule has 0 aliphatic heterocycles. The van der Waals surface area contributed by atoms with E-state index in [1.54, 1.807) is 16.8 Å². The molecule has 0 aliphatic rings. The standard InChI is InChI=1S/C12H12F2N2S/c1-8-12(17-7-16-8)4-5-15-11-3-2-9(13)6-10(11)14/h2-3,6-7,15H,4-5H2,1H3. The van der Waals surface area contributed by atoms with Crippen molar-refractivity contribution in [2.45, 2.75) is 13.3 Å². The first kappa shape index (κ1) is 12.0. The number of halogens is 2. The summed E-state index contributed by atoms with van der Waals surface area (Å²) in [6.07, 6.45) is 0.785. The van der Waals surface area contributed by atoms with Gasteiger partial charge in [-0.15, -0.1) is 11.3 Å². The molecular formula is C12H12F2N2S. The fourth-order valence-electron chi connectivity index (χ4n) is 1.51. The van der Waals surface area contributed by atoms with E-state index in [2.05, 4.69) is 10.3 Å². The number of aryl methyl sites for hydroxylation is 1. The van der Waals surface area contributed by atoms with Gasteiger partial charge in [0, 0.05) is 23.9 Å². The second-order valence-corrected chi connectivity index (χ2v) is 4.60. The Labute approximate surface area is 102 Å². The van der Waals surface area contributed by atoms with Crippen LogP contribution < -0.4 is 5.32 Å². The number of benzene rings is 1. The van der Waals surface area contributed by atoms with Gasteiger partial charge in [0.2, 0.25) is 0 Å². The predicted molar refractivity (Wildman–Crippen MR) is 65.4 cm³/mol. The molecule has 17 heavy (non-hydrogen) atoms. The molecule has 0 amide bonds. The summed E-state index contributed by atoms with van der Waals surface area (Å²) in [7, 11) is 0. The van der Waals surface area contributed by atoms with Crippen LogP contribution in [0.3, 0.4) is 0 Å². The number of aromatic nitrogens is 1. The van der Waals surface area contributed by atoms with Crippen molar-refractivity contribution in [1.29, 1.82) is 0 Å². The number of hydrogen-bond acceptors (Lipinski definition) is 3. The summed E-state index contributed by atoms with van der Waals surface area (Å²) in [6, 6.07) is 3.52. The zero-order chi connectivity index (χ0) is 12.3. The molecule has 0 atom stereocenters. The topological polar surface area (TPSA) is 24.9 Å². The number of nitrogens with one attached hydrogen (secondary N) is 1. The summed E-state index contributed by atoms with van der Waals surface area (Å²) < 4.78 is 26.0. The third-order valence-electron chi connectivity index (χ3n) is 2.44. The van der Waals surface area contributed by atoms with Gasteiger partial charge in [0.1, 0.15) is 11.6 Å². The molecule has 2 aromatic rings. The van der Waals surface area contributed by atoms with Crippen LogP contribution >= 0.6 is 11.3 Å². The number of thiazole rings is 1. The maximum absolute atomic E-state index is 13.3. The molecule has 90 valence electrons.